The minimum Gasteiger partial charge on any atom is -0.466 e. The topological polar surface area (TPSA) is 59.5 Å². The molecule has 0 radical (unpaired) electrons. The van der Waals surface area contributed by atoms with Gasteiger partial charge in [0.05, 0.1) is 13.0 Å². The summed E-state index contributed by atoms with van der Waals surface area (Å²) in [6.45, 7) is 2.26. The number of hydrogen-bond donors (Lipinski definition) is 0. The average molecular weight is 378 g/mol. The van der Waals surface area contributed by atoms with Crippen LogP contribution in [0.4, 0.5) is 5.69 Å². The number of amides is 1. The van der Waals surface area contributed by atoms with Gasteiger partial charge in [-0.05, 0) is 72.9 Å². The summed E-state index contributed by atoms with van der Waals surface area (Å²) in [6.07, 6.45) is 8.67. The summed E-state index contributed by atoms with van der Waals surface area (Å²) < 4.78 is 5.16. The maximum atomic E-state index is 12.0. The Hall–Kier alpha value is -2.69. The van der Waals surface area contributed by atoms with Crippen molar-refractivity contribution in [2.75, 3.05) is 18.6 Å². The lowest BCUT2D eigenvalue weighted by molar-refractivity contribution is -0.143. The molecule has 1 aliphatic heterocycles. The van der Waals surface area contributed by atoms with Crippen molar-refractivity contribution in [1.82, 2.24) is 4.98 Å². The molecule has 1 unspecified atom stereocenters. The molecule has 1 amide bonds. The summed E-state index contributed by atoms with van der Waals surface area (Å²) in [7, 11) is 1.84. The first-order chi connectivity index (χ1) is 13.6. The van der Waals surface area contributed by atoms with Gasteiger partial charge in [0.1, 0.15) is 0 Å². The normalized spacial score (nSPS) is 18.4. The van der Waals surface area contributed by atoms with E-state index >= 15 is 0 Å². The van der Waals surface area contributed by atoms with E-state index in [1.54, 1.807) is 4.90 Å². The highest BCUT2D eigenvalue weighted by Gasteiger charge is 2.27. The predicted octanol–water partition coefficient (Wildman–Crippen LogP) is 4.03. The number of anilines is 1. The van der Waals surface area contributed by atoms with Crippen molar-refractivity contribution in [3.8, 4) is 11.1 Å². The van der Waals surface area contributed by atoms with Crippen molar-refractivity contribution >= 4 is 17.6 Å². The molecule has 5 nitrogen and oxygen atoms in total. The van der Waals surface area contributed by atoms with E-state index in [1.165, 1.54) is 16.7 Å². The Bertz CT molecular complexity index is 922. The summed E-state index contributed by atoms with van der Waals surface area (Å²) >= 11 is 0. The second-order valence-electron chi connectivity index (χ2n) is 7.65. The first-order valence-corrected chi connectivity index (χ1v) is 10.1. The van der Waals surface area contributed by atoms with Crippen molar-refractivity contribution in [3.63, 3.8) is 0 Å². The summed E-state index contributed by atoms with van der Waals surface area (Å²) in [5.74, 6) is 0.213. The highest BCUT2D eigenvalue weighted by Crippen LogP contribution is 2.40. The quantitative estimate of drug-likeness (QED) is 0.754. The molecule has 1 aliphatic carbocycles. The molecule has 0 fully saturated rings. The number of ether oxygens (including phenoxy) is 1. The van der Waals surface area contributed by atoms with Gasteiger partial charge in [-0.2, -0.15) is 0 Å². The van der Waals surface area contributed by atoms with E-state index in [4.69, 9.17) is 4.74 Å². The van der Waals surface area contributed by atoms with Crippen LogP contribution in [0.1, 0.15) is 55.2 Å². The van der Waals surface area contributed by atoms with Crippen LogP contribution >= 0.6 is 0 Å². The third-order valence-electron chi connectivity index (χ3n) is 5.96. The lowest BCUT2D eigenvalue weighted by Crippen LogP contribution is -2.31. The minimum absolute atomic E-state index is 0.132. The highest BCUT2D eigenvalue weighted by molar-refractivity contribution is 5.96. The van der Waals surface area contributed by atoms with Gasteiger partial charge in [0.2, 0.25) is 5.91 Å². The SMILES string of the molecule is CCOC(=O)CC1CCCc2c(-c3ccc4c(c3)CCC(=O)N4C)cncc21. The monoisotopic (exact) mass is 378 g/mol. The van der Waals surface area contributed by atoms with Gasteiger partial charge in [0, 0.05) is 37.1 Å². The molecule has 0 saturated heterocycles. The molecule has 1 aromatic carbocycles. The minimum atomic E-state index is -0.132. The van der Waals surface area contributed by atoms with Gasteiger partial charge in [-0.15, -0.1) is 0 Å². The van der Waals surface area contributed by atoms with Crippen LogP contribution in [0.25, 0.3) is 11.1 Å². The molecule has 0 saturated carbocycles. The van der Waals surface area contributed by atoms with Crippen molar-refractivity contribution < 1.29 is 14.3 Å². The molecule has 5 heteroatoms. The van der Waals surface area contributed by atoms with Gasteiger partial charge in [0.25, 0.3) is 0 Å². The molecule has 2 aromatic rings. The van der Waals surface area contributed by atoms with E-state index in [0.29, 0.717) is 19.4 Å². The maximum Gasteiger partial charge on any atom is 0.306 e. The Morgan fingerprint density at radius 3 is 2.93 bits per heavy atom. The highest BCUT2D eigenvalue weighted by atomic mass is 16.5. The fraction of sp³-hybridized carbons (Fsp3) is 0.435. The number of esters is 1. The fourth-order valence-electron chi connectivity index (χ4n) is 4.52. The molecule has 2 heterocycles. The van der Waals surface area contributed by atoms with Crippen LogP contribution in [0.3, 0.4) is 0 Å². The van der Waals surface area contributed by atoms with Gasteiger partial charge in [-0.1, -0.05) is 6.07 Å². The molecular formula is C23H26N2O3. The van der Waals surface area contributed by atoms with Gasteiger partial charge in [-0.3, -0.25) is 14.6 Å². The number of pyridine rings is 1. The van der Waals surface area contributed by atoms with Gasteiger partial charge in [0.15, 0.2) is 0 Å². The Kier molecular flexibility index (Phi) is 5.16. The first-order valence-electron chi connectivity index (χ1n) is 10.1. The molecule has 4 rings (SSSR count). The molecule has 0 bridgehead atoms. The molecule has 1 atom stereocenters. The molecule has 1 aromatic heterocycles. The predicted molar refractivity (Wildman–Crippen MR) is 108 cm³/mol. The van der Waals surface area contributed by atoms with Crippen LogP contribution in [-0.2, 0) is 27.2 Å². The summed E-state index contributed by atoms with van der Waals surface area (Å²) in [6, 6.07) is 6.32. The number of aryl methyl sites for hydroxylation is 1. The Labute approximate surface area is 165 Å². The largest absolute Gasteiger partial charge is 0.466 e. The molecular weight excluding hydrogens is 352 g/mol. The third-order valence-corrected chi connectivity index (χ3v) is 5.96. The zero-order valence-corrected chi connectivity index (χ0v) is 16.5. The lowest BCUT2D eigenvalue weighted by atomic mass is 9.79. The van der Waals surface area contributed by atoms with E-state index in [1.807, 2.05) is 32.4 Å². The van der Waals surface area contributed by atoms with Gasteiger partial charge in [-0.25, -0.2) is 0 Å². The van der Waals surface area contributed by atoms with E-state index in [0.717, 1.165) is 42.5 Å². The van der Waals surface area contributed by atoms with Gasteiger partial charge < -0.3 is 9.64 Å². The number of carbonyl (C=O) groups excluding carboxylic acids is 2. The van der Waals surface area contributed by atoms with Crippen LogP contribution in [0.5, 0.6) is 0 Å². The number of fused-ring (bicyclic) bond motifs is 2. The zero-order chi connectivity index (χ0) is 19.7. The molecule has 146 valence electrons. The van der Waals surface area contributed by atoms with Crippen LogP contribution in [0, 0.1) is 0 Å². The summed E-state index contributed by atoms with van der Waals surface area (Å²) in [4.78, 5) is 30.2. The number of carbonyl (C=O) groups is 2. The Morgan fingerprint density at radius 1 is 1.25 bits per heavy atom. The second-order valence-corrected chi connectivity index (χ2v) is 7.65. The Balaban J connectivity index is 1.69. The second kappa shape index (κ2) is 7.74. The van der Waals surface area contributed by atoms with Crippen molar-refractivity contribution in [2.45, 2.75) is 51.4 Å². The Morgan fingerprint density at radius 2 is 2.11 bits per heavy atom. The van der Waals surface area contributed by atoms with E-state index in [9.17, 15) is 9.59 Å². The van der Waals surface area contributed by atoms with E-state index < -0.39 is 0 Å². The van der Waals surface area contributed by atoms with Crippen LogP contribution in [0.2, 0.25) is 0 Å². The number of nitrogens with zero attached hydrogens (tertiary/aromatic N) is 2. The summed E-state index contributed by atoms with van der Waals surface area (Å²) in [5, 5.41) is 0. The van der Waals surface area contributed by atoms with Crippen LogP contribution in [-0.4, -0.2) is 30.5 Å². The molecule has 2 aliphatic rings. The van der Waals surface area contributed by atoms with Crippen LogP contribution < -0.4 is 4.90 Å². The standard InChI is InChI=1S/C23H26N2O3/c1-3-28-23(27)12-15-5-4-6-18-19(15)13-24-14-20(18)16-7-9-21-17(11-16)8-10-22(26)25(21)2/h7,9,11,13-15H,3-6,8,10,12H2,1-2H3. The number of rotatable bonds is 4. The van der Waals surface area contributed by atoms with Crippen molar-refractivity contribution in [2.24, 2.45) is 0 Å². The summed E-state index contributed by atoms with van der Waals surface area (Å²) in [5.41, 5.74) is 6.97. The molecule has 28 heavy (non-hydrogen) atoms. The smallest absolute Gasteiger partial charge is 0.306 e. The number of hydrogen-bond acceptors (Lipinski definition) is 4. The fourth-order valence-corrected chi connectivity index (χ4v) is 4.52. The third kappa shape index (κ3) is 3.41. The van der Waals surface area contributed by atoms with Crippen molar-refractivity contribution in [3.05, 3.63) is 47.3 Å². The number of aromatic nitrogens is 1. The van der Waals surface area contributed by atoms with Crippen molar-refractivity contribution in [1.29, 1.82) is 0 Å². The molecule has 0 N–H and O–H groups in total. The number of benzene rings is 1. The first kappa shape index (κ1) is 18.7. The average Bonchev–Trinajstić information content (AvgIpc) is 2.70. The van der Waals surface area contributed by atoms with E-state index in [2.05, 4.69) is 17.1 Å². The zero-order valence-electron chi connectivity index (χ0n) is 16.5. The molecule has 0 spiro atoms. The maximum absolute atomic E-state index is 12.0. The van der Waals surface area contributed by atoms with Gasteiger partial charge >= 0.3 is 5.97 Å². The van der Waals surface area contributed by atoms with E-state index in [-0.39, 0.29) is 17.8 Å². The van der Waals surface area contributed by atoms with Crippen LogP contribution in [0.15, 0.2) is 30.6 Å². The lowest BCUT2D eigenvalue weighted by Gasteiger charge is -2.28.